The van der Waals surface area contributed by atoms with Crippen LogP contribution in [-0.4, -0.2) is 64.1 Å². The van der Waals surface area contributed by atoms with Crippen molar-refractivity contribution in [2.75, 3.05) is 13.2 Å². The molecule has 0 spiro atoms. The van der Waals surface area contributed by atoms with Crippen molar-refractivity contribution in [2.24, 2.45) is 5.92 Å². The molecule has 1 heterocycles. The number of alkyl halides is 1. The van der Waals surface area contributed by atoms with Gasteiger partial charge in [0.2, 0.25) is 11.8 Å². The van der Waals surface area contributed by atoms with Crippen LogP contribution in [0, 0.1) is 18.3 Å². The number of rotatable bonds is 12. The van der Waals surface area contributed by atoms with Gasteiger partial charge >= 0.3 is 11.9 Å². The molecule has 2 atom stereocenters. The maximum Gasteiger partial charge on any atom is 0.334 e. The van der Waals surface area contributed by atoms with E-state index in [4.69, 9.17) is 16.0 Å². The number of amides is 4. The largest absolute Gasteiger partial charge is 0.464 e. The summed E-state index contributed by atoms with van der Waals surface area (Å²) >= 11 is 3.17. The molecule has 2 N–H and O–H groups in total. The van der Waals surface area contributed by atoms with Crippen LogP contribution < -0.4 is 10.6 Å². The minimum Gasteiger partial charge on any atom is -0.464 e. The van der Waals surface area contributed by atoms with Crippen LogP contribution in [0.4, 0.5) is 0 Å². The van der Waals surface area contributed by atoms with E-state index in [1.807, 2.05) is 0 Å². The highest BCUT2D eigenvalue weighted by atomic mass is 79.9. The average Bonchev–Trinajstić information content (AvgIpc) is 3.05. The molecule has 12 heteroatoms. The SMILES string of the molecule is C#CCCC(NC(=O)C(C)COC(=O)C(C)(C)Br)C(=O)NCCC(=O)ON1C(=O)CCC1=O. The summed E-state index contributed by atoms with van der Waals surface area (Å²) in [5.74, 6) is -2.04. The third kappa shape index (κ3) is 9.61. The van der Waals surface area contributed by atoms with E-state index < -0.39 is 51.9 Å². The van der Waals surface area contributed by atoms with E-state index in [2.05, 4.69) is 32.5 Å². The Hall–Kier alpha value is -2.94. The van der Waals surface area contributed by atoms with Gasteiger partial charge in [-0.1, -0.05) is 22.9 Å². The molecule has 1 aliphatic rings. The van der Waals surface area contributed by atoms with Crippen molar-refractivity contribution in [2.45, 2.75) is 63.2 Å². The van der Waals surface area contributed by atoms with Gasteiger partial charge < -0.3 is 20.2 Å². The highest BCUT2D eigenvalue weighted by molar-refractivity contribution is 9.10. The van der Waals surface area contributed by atoms with Crippen LogP contribution in [0.1, 0.15) is 52.9 Å². The number of halogens is 1. The molecule has 33 heavy (non-hydrogen) atoms. The van der Waals surface area contributed by atoms with Gasteiger partial charge in [-0.05, 0) is 20.3 Å². The van der Waals surface area contributed by atoms with Gasteiger partial charge in [-0.25, -0.2) is 4.79 Å². The Bertz CT molecular complexity index is 814. The summed E-state index contributed by atoms with van der Waals surface area (Å²) in [6.45, 7) is 4.43. The van der Waals surface area contributed by atoms with E-state index in [9.17, 15) is 28.8 Å². The minimum atomic E-state index is -0.975. The second-order valence-corrected chi connectivity index (χ2v) is 9.84. The molecule has 1 aliphatic heterocycles. The summed E-state index contributed by atoms with van der Waals surface area (Å²) < 4.78 is 4.20. The smallest absolute Gasteiger partial charge is 0.334 e. The first-order valence-corrected chi connectivity index (χ1v) is 11.1. The molecular formula is C21H28BrN3O8. The lowest BCUT2D eigenvalue weighted by molar-refractivity contribution is -0.197. The summed E-state index contributed by atoms with van der Waals surface area (Å²) in [4.78, 5) is 76.2. The predicted octanol–water partition coefficient (Wildman–Crippen LogP) is 0.351. The number of carbonyl (C=O) groups excluding carboxylic acids is 6. The Balaban J connectivity index is 2.53. The van der Waals surface area contributed by atoms with Crippen LogP contribution in [0.5, 0.6) is 0 Å². The van der Waals surface area contributed by atoms with Gasteiger partial charge in [0.25, 0.3) is 11.8 Å². The van der Waals surface area contributed by atoms with Crippen LogP contribution in [0.15, 0.2) is 0 Å². The standard InChI is InChI=1S/C21H28BrN3O8/c1-5-6-7-14(24-18(29)13(2)12-32-20(31)21(3,4)22)19(30)23-11-10-17(28)33-25-15(26)8-9-16(25)27/h1,13-14H,6-12H2,2-4H3,(H,23,30)(H,24,29). The zero-order valence-electron chi connectivity index (χ0n) is 18.8. The van der Waals surface area contributed by atoms with Crippen molar-refractivity contribution in [1.82, 2.24) is 15.7 Å². The molecule has 2 unspecified atom stereocenters. The fourth-order valence-corrected chi connectivity index (χ4v) is 2.59. The quantitative estimate of drug-likeness (QED) is 0.159. The number of nitrogens with zero attached hydrogens (tertiary/aromatic N) is 1. The molecule has 182 valence electrons. The number of imide groups is 1. The van der Waals surface area contributed by atoms with Crippen LogP contribution in [0.25, 0.3) is 0 Å². The molecule has 4 amide bonds. The molecule has 0 radical (unpaired) electrons. The lowest BCUT2D eigenvalue weighted by atomic mass is 10.1. The van der Waals surface area contributed by atoms with E-state index in [0.29, 0.717) is 5.06 Å². The van der Waals surface area contributed by atoms with Crippen LogP contribution in [0.3, 0.4) is 0 Å². The van der Waals surface area contributed by atoms with Crippen LogP contribution in [0.2, 0.25) is 0 Å². The van der Waals surface area contributed by atoms with Crippen molar-refractivity contribution in [3.8, 4) is 12.3 Å². The normalized spacial score (nSPS) is 15.3. The first-order valence-electron chi connectivity index (χ1n) is 10.3. The van der Waals surface area contributed by atoms with Crippen LogP contribution >= 0.6 is 15.9 Å². The molecule has 1 rings (SSSR count). The molecule has 0 saturated carbocycles. The molecule has 1 saturated heterocycles. The molecule has 0 aliphatic carbocycles. The van der Waals surface area contributed by atoms with Gasteiger partial charge in [0.05, 0.1) is 12.3 Å². The maximum absolute atomic E-state index is 12.5. The van der Waals surface area contributed by atoms with E-state index in [0.717, 1.165) is 0 Å². The Kier molecular flexibility index (Phi) is 11.0. The predicted molar refractivity (Wildman–Crippen MR) is 118 cm³/mol. The number of ether oxygens (including phenoxy) is 1. The third-order valence-electron chi connectivity index (χ3n) is 4.43. The zero-order valence-corrected chi connectivity index (χ0v) is 20.4. The fraction of sp³-hybridized carbons (Fsp3) is 0.619. The molecule has 0 aromatic carbocycles. The fourth-order valence-electron chi connectivity index (χ4n) is 2.47. The van der Waals surface area contributed by atoms with E-state index >= 15 is 0 Å². The number of hydrogen-bond donors (Lipinski definition) is 2. The highest BCUT2D eigenvalue weighted by Crippen LogP contribution is 2.18. The number of esters is 1. The number of hydroxylamine groups is 2. The summed E-state index contributed by atoms with van der Waals surface area (Å²) in [6.07, 6.45) is 5.27. The second kappa shape index (κ2) is 12.9. The van der Waals surface area contributed by atoms with Crippen molar-refractivity contribution in [3.63, 3.8) is 0 Å². The topological polar surface area (TPSA) is 148 Å². The van der Waals surface area contributed by atoms with E-state index in [1.54, 1.807) is 13.8 Å². The number of hydrogen-bond acceptors (Lipinski definition) is 8. The summed E-state index contributed by atoms with van der Waals surface area (Å²) in [5.41, 5.74) is 0. The Morgan fingerprint density at radius 1 is 1.18 bits per heavy atom. The summed E-state index contributed by atoms with van der Waals surface area (Å²) in [5, 5.41) is 5.46. The second-order valence-electron chi connectivity index (χ2n) is 7.86. The number of terminal acetylenes is 1. The van der Waals surface area contributed by atoms with Gasteiger partial charge in [0.1, 0.15) is 17.0 Å². The lowest BCUT2D eigenvalue weighted by Crippen LogP contribution is -2.49. The highest BCUT2D eigenvalue weighted by Gasteiger charge is 2.33. The van der Waals surface area contributed by atoms with Crippen molar-refractivity contribution in [1.29, 1.82) is 0 Å². The van der Waals surface area contributed by atoms with Gasteiger partial charge in [-0.15, -0.1) is 17.4 Å². The molecule has 0 aromatic rings. The van der Waals surface area contributed by atoms with Gasteiger partial charge in [0, 0.05) is 25.8 Å². The zero-order chi connectivity index (χ0) is 25.2. The molecular weight excluding hydrogens is 502 g/mol. The summed E-state index contributed by atoms with van der Waals surface area (Å²) in [7, 11) is 0. The summed E-state index contributed by atoms with van der Waals surface area (Å²) in [6, 6.07) is -0.975. The van der Waals surface area contributed by atoms with Crippen molar-refractivity contribution < 1.29 is 38.3 Å². The Morgan fingerprint density at radius 2 is 1.79 bits per heavy atom. The lowest BCUT2D eigenvalue weighted by Gasteiger charge is -2.21. The average molecular weight is 530 g/mol. The van der Waals surface area contributed by atoms with Crippen LogP contribution in [-0.2, 0) is 38.3 Å². The van der Waals surface area contributed by atoms with Crippen molar-refractivity contribution >= 4 is 51.5 Å². The van der Waals surface area contributed by atoms with Gasteiger partial charge in [-0.3, -0.25) is 24.0 Å². The molecule has 11 nitrogen and oxygen atoms in total. The first-order chi connectivity index (χ1) is 15.4. The number of nitrogens with one attached hydrogen (secondary N) is 2. The first kappa shape index (κ1) is 28.1. The van der Waals surface area contributed by atoms with E-state index in [-0.39, 0.29) is 45.3 Å². The minimum absolute atomic E-state index is 0.0229. The molecule has 1 fully saturated rings. The monoisotopic (exact) mass is 529 g/mol. The Morgan fingerprint density at radius 3 is 2.33 bits per heavy atom. The Labute approximate surface area is 200 Å². The third-order valence-corrected chi connectivity index (χ3v) is 4.76. The van der Waals surface area contributed by atoms with E-state index in [1.165, 1.54) is 6.92 Å². The van der Waals surface area contributed by atoms with Gasteiger partial charge in [0.15, 0.2) is 0 Å². The maximum atomic E-state index is 12.5. The molecule has 0 bridgehead atoms. The number of carbonyl (C=O) groups is 6. The van der Waals surface area contributed by atoms with Crippen molar-refractivity contribution in [3.05, 3.63) is 0 Å². The molecule has 0 aromatic heterocycles. The van der Waals surface area contributed by atoms with Gasteiger partial charge in [-0.2, -0.15) is 0 Å².